The number of aromatic hydroxyl groups is 1. The fraction of sp³-hybridized carbons (Fsp3) is 0.182. The minimum atomic E-state index is 0.182. The summed E-state index contributed by atoms with van der Waals surface area (Å²) in [5.41, 5.74) is 9.37. The number of phenols is 1. The average Bonchev–Trinajstić information content (AvgIpc) is 2.65. The van der Waals surface area contributed by atoms with E-state index in [2.05, 4.69) is 24.3 Å². The monoisotopic (exact) mass is 333 g/mol. The fourth-order valence-electron chi connectivity index (χ4n) is 2.90. The van der Waals surface area contributed by atoms with Crippen molar-refractivity contribution in [2.75, 3.05) is 6.54 Å². The van der Waals surface area contributed by atoms with Crippen LogP contribution in [0, 0.1) is 0 Å². The van der Waals surface area contributed by atoms with E-state index in [1.807, 2.05) is 42.5 Å². The SMILES string of the molecule is NCC(Cc1cccc(O)c1)c1cccc(OCc2ccccc2)c1. The van der Waals surface area contributed by atoms with Crippen LogP contribution in [0.15, 0.2) is 78.9 Å². The summed E-state index contributed by atoms with van der Waals surface area (Å²) < 4.78 is 5.92. The van der Waals surface area contributed by atoms with Crippen molar-refractivity contribution in [3.8, 4) is 11.5 Å². The lowest BCUT2D eigenvalue weighted by Crippen LogP contribution is -2.15. The molecule has 0 fully saturated rings. The number of nitrogens with two attached hydrogens (primary N) is 1. The highest BCUT2D eigenvalue weighted by molar-refractivity contribution is 5.34. The van der Waals surface area contributed by atoms with Gasteiger partial charge >= 0.3 is 0 Å². The standard InChI is InChI=1S/C22H23NO2/c23-15-20(12-18-8-4-10-21(24)13-18)19-9-5-11-22(14-19)25-16-17-6-2-1-3-7-17/h1-11,13-14,20,24H,12,15-16,23H2. The van der Waals surface area contributed by atoms with Gasteiger partial charge in [0.05, 0.1) is 0 Å². The Morgan fingerprint density at radius 3 is 2.36 bits per heavy atom. The molecular weight excluding hydrogens is 310 g/mol. The molecule has 3 rings (SSSR count). The predicted molar refractivity (Wildman–Crippen MR) is 101 cm³/mol. The van der Waals surface area contributed by atoms with Crippen LogP contribution in [0.5, 0.6) is 11.5 Å². The van der Waals surface area contributed by atoms with Crippen LogP contribution in [0.25, 0.3) is 0 Å². The van der Waals surface area contributed by atoms with Gasteiger partial charge in [-0.2, -0.15) is 0 Å². The lowest BCUT2D eigenvalue weighted by molar-refractivity contribution is 0.305. The van der Waals surface area contributed by atoms with Gasteiger partial charge in [0.25, 0.3) is 0 Å². The topological polar surface area (TPSA) is 55.5 Å². The quantitative estimate of drug-likeness (QED) is 0.679. The zero-order valence-corrected chi connectivity index (χ0v) is 14.1. The van der Waals surface area contributed by atoms with Crippen LogP contribution in [0.1, 0.15) is 22.6 Å². The molecule has 3 N–H and O–H groups in total. The Balaban J connectivity index is 1.70. The van der Waals surface area contributed by atoms with E-state index in [1.165, 1.54) is 0 Å². The molecule has 25 heavy (non-hydrogen) atoms. The van der Waals surface area contributed by atoms with E-state index < -0.39 is 0 Å². The molecule has 0 saturated heterocycles. The molecule has 0 bridgehead atoms. The summed E-state index contributed by atoms with van der Waals surface area (Å²) >= 11 is 0. The Morgan fingerprint density at radius 2 is 1.60 bits per heavy atom. The minimum Gasteiger partial charge on any atom is -0.508 e. The van der Waals surface area contributed by atoms with Crippen LogP contribution in [0.2, 0.25) is 0 Å². The highest BCUT2D eigenvalue weighted by atomic mass is 16.5. The van der Waals surface area contributed by atoms with Gasteiger partial charge in [-0.3, -0.25) is 0 Å². The molecule has 1 unspecified atom stereocenters. The van der Waals surface area contributed by atoms with Crippen LogP contribution >= 0.6 is 0 Å². The first-order chi connectivity index (χ1) is 12.2. The number of rotatable bonds is 7. The normalized spacial score (nSPS) is 11.9. The molecule has 0 heterocycles. The second kappa shape index (κ2) is 8.36. The van der Waals surface area contributed by atoms with Crippen molar-refractivity contribution in [3.63, 3.8) is 0 Å². The van der Waals surface area contributed by atoms with Gasteiger partial charge in [-0.25, -0.2) is 0 Å². The summed E-state index contributed by atoms with van der Waals surface area (Å²) in [6, 6.07) is 25.6. The van der Waals surface area contributed by atoms with E-state index >= 15 is 0 Å². The molecule has 0 aliphatic rings. The van der Waals surface area contributed by atoms with Crippen LogP contribution < -0.4 is 10.5 Å². The van der Waals surface area contributed by atoms with Gasteiger partial charge < -0.3 is 15.6 Å². The lowest BCUT2D eigenvalue weighted by Gasteiger charge is -2.17. The fourth-order valence-corrected chi connectivity index (χ4v) is 2.90. The van der Waals surface area contributed by atoms with Crippen molar-refractivity contribution >= 4 is 0 Å². The first kappa shape index (κ1) is 17.1. The minimum absolute atomic E-state index is 0.182. The highest BCUT2D eigenvalue weighted by Gasteiger charge is 2.12. The molecular formula is C22H23NO2. The maximum absolute atomic E-state index is 9.64. The smallest absolute Gasteiger partial charge is 0.120 e. The lowest BCUT2D eigenvalue weighted by atomic mass is 9.92. The summed E-state index contributed by atoms with van der Waals surface area (Å²) in [5.74, 6) is 1.31. The van der Waals surface area contributed by atoms with E-state index in [4.69, 9.17) is 10.5 Å². The molecule has 0 radical (unpaired) electrons. The summed E-state index contributed by atoms with van der Waals surface area (Å²) in [7, 11) is 0. The largest absolute Gasteiger partial charge is 0.508 e. The van der Waals surface area contributed by atoms with Crippen molar-refractivity contribution in [2.45, 2.75) is 18.9 Å². The molecule has 0 saturated carbocycles. The molecule has 3 nitrogen and oxygen atoms in total. The van der Waals surface area contributed by atoms with Gasteiger partial charge in [0, 0.05) is 5.92 Å². The zero-order valence-electron chi connectivity index (χ0n) is 14.1. The zero-order chi connectivity index (χ0) is 17.5. The van der Waals surface area contributed by atoms with Crippen molar-refractivity contribution in [1.29, 1.82) is 0 Å². The average molecular weight is 333 g/mol. The van der Waals surface area contributed by atoms with Crippen LogP contribution in [-0.4, -0.2) is 11.7 Å². The Bertz CT molecular complexity index is 802. The molecule has 0 spiro atoms. The van der Waals surface area contributed by atoms with Crippen LogP contribution in [0.4, 0.5) is 0 Å². The number of benzene rings is 3. The first-order valence-corrected chi connectivity index (χ1v) is 8.49. The number of ether oxygens (including phenoxy) is 1. The molecule has 128 valence electrons. The third kappa shape index (κ3) is 4.85. The molecule has 3 aromatic carbocycles. The second-order valence-corrected chi connectivity index (χ2v) is 6.15. The highest BCUT2D eigenvalue weighted by Crippen LogP contribution is 2.25. The number of hydrogen-bond acceptors (Lipinski definition) is 3. The maximum Gasteiger partial charge on any atom is 0.120 e. The van der Waals surface area contributed by atoms with Gasteiger partial charge in [0.15, 0.2) is 0 Å². The Morgan fingerprint density at radius 1 is 0.840 bits per heavy atom. The van der Waals surface area contributed by atoms with Crippen LogP contribution in [0.3, 0.4) is 0 Å². The van der Waals surface area contributed by atoms with E-state index in [-0.39, 0.29) is 11.7 Å². The van der Waals surface area contributed by atoms with Gasteiger partial charge in [0.2, 0.25) is 0 Å². The van der Waals surface area contributed by atoms with E-state index in [9.17, 15) is 5.11 Å². The predicted octanol–water partition coefficient (Wildman–Crippen LogP) is 4.26. The van der Waals surface area contributed by atoms with E-state index in [0.717, 1.165) is 28.9 Å². The van der Waals surface area contributed by atoms with Crippen molar-refractivity contribution in [2.24, 2.45) is 5.73 Å². The Hall–Kier alpha value is -2.78. The van der Waals surface area contributed by atoms with E-state index in [1.54, 1.807) is 12.1 Å². The molecule has 0 aliphatic heterocycles. The third-order valence-electron chi connectivity index (χ3n) is 4.26. The molecule has 1 atom stereocenters. The summed E-state index contributed by atoms with van der Waals surface area (Å²) in [6.45, 7) is 1.09. The Kier molecular flexibility index (Phi) is 5.70. The van der Waals surface area contributed by atoms with Crippen molar-refractivity contribution < 1.29 is 9.84 Å². The van der Waals surface area contributed by atoms with E-state index in [0.29, 0.717) is 13.2 Å². The summed E-state index contributed by atoms with van der Waals surface area (Å²) in [6.07, 6.45) is 0.785. The maximum atomic E-state index is 9.64. The third-order valence-corrected chi connectivity index (χ3v) is 4.26. The Labute approximate surface area is 148 Å². The van der Waals surface area contributed by atoms with Gasteiger partial charge in [0.1, 0.15) is 18.1 Å². The number of phenolic OH excluding ortho intramolecular Hbond substituents is 1. The van der Waals surface area contributed by atoms with Gasteiger partial charge in [-0.05, 0) is 53.9 Å². The molecule has 0 aliphatic carbocycles. The second-order valence-electron chi connectivity index (χ2n) is 6.15. The van der Waals surface area contributed by atoms with Gasteiger partial charge in [-0.15, -0.1) is 0 Å². The van der Waals surface area contributed by atoms with Crippen molar-refractivity contribution in [3.05, 3.63) is 95.6 Å². The first-order valence-electron chi connectivity index (χ1n) is 8.49. The van der Waals surface area contributed by atoms with Crippen LogP contribution in [-0.2, 0) is 13.0 Å². The molecule has 3 heteroatoms. The summed E-state index contributed by atoms with van der Waals surface area (Å²) in [5, 5.41) is 9.64. The summed E-state index contributed by atoms with van der Waals surface area (Å²) in [4.78, 5) is 0. The molecule has 0 amide bonds. The molecule has 3 aromatic rings. The van der Waals surface area contributed by atoms with Crippen molar-refractivity contribution in [1.82, 2.24) is 0 Å². The van der Waals surface area contributed by atoms with Gasteiger partial charge in [-0.1, -0.05) is 54.6 Å². The number of hydrogen-bond donors (Lipinski definition) is 2. The molecule has 0 aromatic heterocycles.